The zero-order chi connectivity index (χ0) is 9.30. The third kappa shape index (κ3) is 1.58. The molecule has 0 radical (unpaired) electrons. The van der Waals surface area contributed by atoms with Crippen molar-refractivity contribution in [3.8, 4) is 0 Å². The van der Waals surface area contributed by atoms with Crippen molar-refractivity contribution in [2.24, 2.45) is 0 Å². The first-order valence-electron chi connectivity index (χ1n) is 3.56. The van der Waals surface area contributed by atoms with E-state index in [1.807, 2.05) is 0 Å². The molecule has 5 atom stereocenters. The number of hydrogen-bond donors (Lipinski definition) is 5. The predicted octanol–water partition coefficient (Wildman–Crippen LogP) is -3.22. The molecule has 1 fully saturated rings. The van der Waals surface area contributed by atoms with Gasteiger partial charge in [-0.1, -0.05) is 0 Å². The van der Waals surface area contributed by atoms with Crippen molar-refractivity contribution in [1.82, 2.24) is 0 Å². The smallest absolute Gasteiger partial charge is 0.184 e. The summed E-state index contributed by atoms with van der Waals surface area (Å²) < 4.78 is 4.58. The lowest BCUT2D eigenvalue weighted by molar-refractivity contribution is -0.286. The lowest BCUT2D eigenvalue weighted by atomic mass is 10.0. The standard InChI is InChI=1S/C6H12O6/c7-1-2-3(8)4(9)5(10)6(11)12-2/h2-11H,1H2/t2-,3+,4+,5-,6-/m1/s1/i6+1. The van der Waals surface area contributed by atoms with E-state index >= 15 is 0 Å². The Bertz CT molecular complexity index is 146. The van der Waals surface area contributed by atoms with Crippen LogP contribution in [0.3, 0.4) is 0 Å². The predicted molar refractivity (Wildman–Crippen MR) is 36.0 cm³/mol. The average Bonchev–Trinajstić information content (AvgIpc) is 2.08. The molecule has 0 unspecified atom stereocenters. The summed E-state index contributed by atoms with van der Waals surface area (Å²) in [7, 11) is 0. The van der Waals surface area contributed by atoms with Gasteiger partial charge in [-0.25, -0.2) is 0 Å². The van der Waals surface area contributed by atoms with Crippen LogP contribution in [0, 0.1) is 0 Å². The van der Waals surface area contributed by atoms with Gasteiger partial charge in [0.1, 0.15) is 24.4 Å². The molecular weight excluding hydrogens is 169 g/mol. The molecule has 1 rings (SSSR count). The molecule has 0 aromatic carbocycles. The van der Waals surface area contributed by atoms with E-state index in [9.17, 15) is 0 Å². The summed E-state index contributed by atoms with van der Waals surface area (Å²) >= 11 is 0. The Morgan fingerprint density at radius 1 is 0.917 bits per heavy atom. The van der Waals surface area contributed by atoms with Crippen LogP contribution >= 0.6 is 0 Å². The molecule has 5 N–H and O–H groups in total. The molecular formula is C6H12O6. The van der Waals surface area contributed by atoms with Crippen LogP contribution in [0.1, 0.15) is 0 Å². The minimum Gasteiger partial charge on any atom is -0.394 e. The van der Waals surface area contributed by atoms with E-state index < -0.39 is 37.3 Å². The second kappa shape index (κ2) is 3.65. The minimum absolute atomic E-state index is 0.526. The van der Waals surface area contributed by atoms with Crippen LogP contribution in [0.25, 0.3) is 0 Å². The van der Waals surface area contributed by atoms with E-state index in [4.69, 9.17) is 25.5 Å². The Hall–Kier alpha value is -0.240. The Labute approximate surface area is 68.6 Å². The Morgan fingerprint density at radius 2 is 1.50 bits per heavy atom. The molecule has 0 spiro atoms. The molecule has 0 aromatic heterocycles. The molecule has 6 heteroatoms. The fraction of sp³-hybridized carbons (Fsp3) is 1.00. The minimum atomic E-state index is -1.57. The maximum Gasteiger partial charge on any atom is 0.184 e. The number of aliphatic hydroxyl groups is 5. The third-order valence-electron chi connectivity index (χ3n) is 1.87. The normalized spacial score (nSPS) is 49.2. The van der Waals surface area contributed by atoms with Gasteiger partial charge in [0, 0.05) is 0 Å². The first-order chi connectivity index (χ1) is 5.57. The first-order valence-corrected chi connectivity index (χ1v) is 3.56. The van der Waals surface area contributed by atoms with Crippen LogP contribution in [0.5, 0.6) is 0 Å². The van der Waals surface area contributed by atoms with Crippen molar-refractivity contribution in [1.29, 1.82) is 0 Å². The van der Waals surface area contributed by atoms with Gasteiger partial charge in [0.15, 0.2) is 6.29 Å². The molecule has 0 aromatic rings. The van der Waals surface area contributed by atoms with E-state index in [0.717, 1.165) is 0 Å². The summed E-state index contributed by atoms with van der Waals surface area (Å²) in [6.07, 6.45) is -7.04. The third-order valence-corrected chi connectivity index (χ3v) is 1.87. The Balaban J connectivity index is 2.63. The highest BCUT2D eigenvalue weighted by atomic mass is 16.7. The van der Waals surface area contributed by atoms with E-state index in [1.54, 1.807) is 0 Å². The number of ether oxygens (including phenoxy) is 1. The van der Waals surface area contributed by atoms with Gasteiger partial charge < -0.3 is 30.3 Å². The van der Waals surface area contributed by atoms with Gasteiger partial charge in [-0.2, -0.15) is 0 Å². The van der Waals surface area contributed by atoms with Crippen molar-refractivity contribution in [3.05, 3.63) is 0 Å². The molecule has 1 aliphatic heterocycles. The van der Waals surface area contributed by atoms with Crippen molar-refractivity contribution in [3.63, 3.8) is 0 Å². The second-order valence-corrected chi connectivity index (χ2v) is 2.72. The zero-order valence-corrected chi connectivity index (χ0v) is 6.24. The number of hydrogen-bond acceptors (Lipinski definition) is 6. The van der Waals surface area contributed by atoms with E-state index in [1.165, 1.54) is 0 Å². The highest BCUT2D eigenvalue weighted by molar-refractivity contribution is 4.87. The largest absolute Gasteiger partial charge is 0.394 e. The van der Waals surface area contributed by atoms with E-state index in [0.29, 0.717) is 0 Å². The fourth-order valence-corrected chi connectivity index (χ4v) is 1.08. The summed E-state index contributed by atoms with van der Waals surface area (Å²) in [6.45, 7) is -0.526. The summed E-state index contributed by atoms with van der Waals surface area (Å²) in [5, 5.41) is 44.7. The highest BCUT2D eigenvalue weighted by Crippen LogP contribution is 2.18. The molecule has 0 aliphatic carbocycles. The molecule has 12 heavy (non-hydrogen) atoms. The molecule has 1 saturated heterocycles. The molecule has 0 saturated carbocycles. The summed E-state index contributed by atoms with van der Waals surface area (Å²) in [6, 6.07) is 0. The van der Waals surface area contributed by atoms with Gasteiger partial charge in [-0.05, 0) is 0 Å². The first kappa shape index (κ1) is 9.85. The maximum absolute atomic E-state index is 9.12. The lowest BCUT2D eigenvalue weighted by Crippen LogP contribution is -2.58. The van der Waals surface area contributed by atoms with Crippen molar-refractivity contribution < 1.29 is 30.3 Å². The molecule has 72 valence electrons. The van der Waals surface area contributed by atoms with Gasteiger partial charge in [-0.15, -0.1) is 0 Å². The van der Waals surface area contributed by atoms with Crippen LogP contribution in [0.15, 0.2) is 0 Å². The second-order valence-electron chi connectivity index (χ2n) is 2.72. The zero-order valence-electron chi connectivity index (χ0n) is 6.24. The summed E-state index contributed by atoms with van der Waals surface area (Å²) in [5.41, 5.74) is 0. The number of aliphatic hydroxyl groups excluding tert-OH is 5. The van der Waals surface area contributed by atoms with Crippen molar-refractivity contribution in [2.45, 2.75) is 30.7 Å². The van der Waals surface area contributed by atoms with Gasteiger partial charge in [0.05, 0.1) is 6.61 Å². The van der Waals surface area contributed by atoms with Crippen molar-refractivity contribution >= 4 is 0 Å². The van der Waals surface area contributed by atoms with Gasteiger partial charge in [0.2, 0.25) is 0 Å². The summed E-state index contributed by atoms with van der Waals surface area (Å²) in [4.78, 5) is 0. The maximum atomic E-state index is 9.12. The molecule has 0 amide bonds. The van der Waals surface area contributed by atoms with Crippen LogP contribution < -0.4 is 0 Å². The topological polar surface area (TPSA) is 110 Å². The lowest BCUT2D eigenvalue weighted by Gasteiger charge is -2.37. The van der Waals surface area contributed by atoms with Crippen molar-refractivity contribution in [2.75, 3.05) is 6.61 Å². The monoisotopic (exact) mass is 181 g/mol. The van der Waals surface area contributed by atoms with Crippen LogP contribution in [-0.2, 0) is 4.74 Å². The van der Waals surface area contributed by atoms with Crippen LogP contribution in [-0.4, -0.2) is 62.8 Å². The Kier molecular flexibility index (Phi) is 2.99. The molecule has 6 nitrogen and oxygen atoms in total. The fourth-order valence-electron chi connectivity index (χ4n) is 1.08. The number of rotatable bonds is 1. The summed E-state index contributed by atoms with van der Waals surface area (Å²) in [5.74, 6) is 0. The Morgan fingerprint density at radius 3 is 2.00 bits per heavy atom. The van der Waals surface area contributed by atoms with Gasteiger partial charge in [0.25, 0.3) is 0 Å². The molecule has 1 heterocycles. The van der Waals surface area contributed by atoms with Gasteiger partial charge in [-0.3, -0.25) is 0 Å². The SMILES string of the molecule is OC[C@H]1O[13C@@H](O)[C@H](O)[C@@H](O)[C@H]1O. The van der Waals surface area contributed by atoms with Crippen LogP contribution in [0.4, 0.5) is 0 Å². The van der Waals surface area contributed by atoms with E-state index in [2.05, 4.69) is 4.74 Å². The molecule has 1 aliphatic rings. The van der Waals surface area contributed by atoms with Crippen LogP contribution in [0.2, 0.25) is 0 Å². The average molecular weight is 181 g/mol. The van der Waals surface area contributed by atoms with E-state index in [-0.39, 0.29) is 0 Å². The molecule has 0 bridgehead atoms. The van der Waals surface area contributed by atoms with Gasteiger partial charge >= 0.3 is 0 Å². The quantitative estimate of drug-likeness (QED) is 0.272. The highest BCUT2D eigenvalue weighted by Gasteiger charge is 2.42.